The second-order valence-corrected chi connectivity index (χ2v) is 7.70. The number of quaternary nitrogens is 1. The van der Waals surface area contributed by atoms with Crippen molar-refractivity contribution in [2.75, 3.05) is 7.05 Å². The van der Waals surface area contributed by atoms with E-state index in [2.05, 4.69) is 31.2 Å². The molecule has 0 radical (unpaired) electrons. The SMILES string of the molecule is C[C@H](c1nc2ccccc2s1)[NH+](C)Cn1nc(-c2ccccc2)oc1=S. The van der Waals surface area contributed by atoms with Crippen LogP contribution in [0.5, 0.6) is 0 Å². The number of hydrogen-bond donors (Lipinski definition) is 1. The Bertz CT molecular complexity index is 1050. The highest BCUT2D eigenvalue weighted by Crippen LogP contribution is 2.24. The molecule has 0 aliphatic carbocycles. The lowest BCUT2D eigenvalue weighted by Crippen LogP contribution is -3.08. The molecule has 1 unspecified atom stereocenters. The second kappa shape index (κ2) is 7.11. The van der Waals surface area contributed by atoms with E-state index in [1.165, 1.54) is 9.60 Å². The minimum absolute atomic E-state index is 0.228. The molecule has 0 saturated heterocycles. The smallest absolute Gasteiger partial charge is 0.292 e. The van der Waals surface area contributed by atoms with Gasteiger partial charge in [0.05, 0.1) is 17.3 Å². The van der Waals surface area contributed by atoms with Gasteiger partial charge in [-0.2, -0.15) is 4.68 Å². The first-order chi connectivity index (χ1) is 12.6. The number of benzene rings is 2. The molecule has 0 spiro atoms. The number of rotatable bonds is 5. The van der Waals surface area contributed by atoms with E-state index in [1.54, 1.807) is 16.0 Å². The van der Waals surface area contributed by atoms with Gasteiger partial charge in [-0.3, -0.25) is 0 Å². The van der Waals surface area contributed by atoms with Gasteiger partial charge >= 0.3 is 0 Å². The Hall–Kier alpha value is -2.35. The summed E-state index contributed by atoms with van der Waals surface area (Å²) in [6, 6.07) is 18.3. The van der Waals surface area contributed by atoms with Crippen molar-refractivity contribution in [1.82, 2.24) is 14.8 Å². The molecule has 0 aliphatic heterocycles. The number of aromatic nitrogens is 3. The molecule has 2 atom stereocenters. The molecule has 4 aromatic rings. The molecule has 0 bridgehead atoms. The molecule has 0 saturated carbocycles. The molecule has 0 amide bonds. The highest BCUT2D eigenvalue weighted by molar-refractivity contribution is 7.71. The average molecular weight is 384 g/mol. The van der Waals surface area contributed by atoms with Crippen molar-refractivity contribution in [2.24, 2.45) is 0 Å². The zero-order valence-electron chi connectivity index (χ0n) is 14.5. The lowest BCUT2D eigenvalue weighted by Gasteiger charge is -2.19. The van der Waals surface area contributed by atoms with Crippen LogP contribution < -0.4 is 4.90 Å². The van der Waals surface area contributed by atoms with Crippen LogP contribution in [-0.4, -0.2) is 21.8 Å². The van der Waals surface area contributed by atoms with Gasteiger partial charge in [0.2, 0.25) is 5.89 Å². The van der Waals surface area contributed by atoms with Crippen LogP contribution in [0, 0.1) is 4.84 Å². The predicted octanol–water partition coefficient (Wildman–Crippen LogP) is 3.72. The van der Waals surface area contributed by atoms with E-state index < -0.39 is 0 Å². The van der Waals surface area contributed by atoms with Crippen molar-refractivity contribution in [3.05, 3.63) is 64.4 Å². The first-order valence-electron chi connectivity index (χ1n) is 8.43. The zero-order chi connectivity index (χ0) is 18.1. The standard InChI is InChI=1S/C19H18N4OS2/c1-13(18-20-15-10-6-7-11-16(15)26-18)22(2)12-23-19(25)24-17(21-23)14-8-4-3-5-9-14/h3-11,13H,12H2,1-2H3/p+1/t13-/m1/s1. The lowest BCUT2D eigenvalue weighted by atomic mass is 10.2. The average Bonchev–Trinajstić information content (AvgIpc) is 3.25. The highest BCUT2D eigenvalue weighted by atomic mass is 32.1. The van der Waals surface area contributed by atoms with Crippen molar-refractivity contribution in [3.63, 3.8) is 0 Å². The maximum absolute atomic E-state index is 5.68. The summed E-state index contributed by atoms with van der Waals surface area (Å²) < 4.78 is 8.64. The molecule has 2 aromatic heterocycles. The van der Waals surface area contributed by atoms with E-state index >= 15 is 0 Å². The Kier molecular flexibility index (Phi) is 4.67. The van der Waals surface area contributed by atoms with Crippen LogP contribution in [0.25, 0.3) is 21.7 Å². The summed E-state index contributed by atoms with van der Waals surface area (Å²) in [5.74, 6) is 0.552. The lowest BCUT2D eigenvalue weighted by molar-refractivity contribution is -0.933. The molecule has 1 N–H and O–H groups in total. The van der Waals surface area contributed by atoms with Crippen LogP contribution in [0.2, 0.25) is 0 Å². The fourth-order valence-corrected chi connectivity index (χ4v) is 4.06. The normalized spacial score (nSPS) is 13.8. The molecule has 0 fully saturated rings. The third-order valence-corrected chi connectivity index (χ3v) is 5.96. The van der Waals surface area contributed by atoms with Gasteiger partial charge in [-0.1, -0.05) is 30.3 Å². The fraction of sp³-hybridized carbons (Fsp3) is 0.211. The van der Waals surface area contributed by atoms with Crippen molar-refractivity contribution < 1.29 is 9.32 Å². The van der Waals surface area contributed by atoms with Gasteiger partial charge < -0.3 is 9.32 Å². The van der Waals surface area contributed by atoms with Crippen LogP contribution in [0.4, 0.5) is 0 Å². The van der Waals surface area contributed by atoms with Crippen molar-refractivity contribution in [3.8, 4) is 11.5 Å². The maximum atomic E-state index is 5.68. The van der Waals surface area contributed by atoms with E-state index in [9.17, 15) is 0 Å². The van der Waals surface area contributed by atoms with Gasteiger partial charge in [0.25, 0.3) is 4.84 Å². The van der Waals surface area contributed by atoms with Gasteiger partial charge in [0.1, 0.15) is 6.04 Å². The van der Waals surface area contributed by atoms with E-state index in [0.29, 0.717) is 17.4 Å². The van der Waals surface area contributed by atoms with E-state index in [-0.39, 0.29) is 6.04 Å². The van der Waals surface area contributed by atoms with Gasteiger partial charge in [0.15, 0.2) is 11.7 Å². The molecule has 7 heteroatoms. The van der Waals surface area contributed by atoms with Crippen LogP contribution >= 0.6 is 23.6 Å². The Labute approximate surface area is 160 Å². The fourth-order valence-electron chi connectivity index (χ4n) is 2.76. The topological polar surface area (TPSA) is 48.3 Å². The summed E-state index contributed by atoms with van der Waals surface area (Å²) in [5.41, 5.74) is 1.98. The maximum Gasteiger partial charge on any atom is 0.292 e. The first kappa shape index (κ1) is 17.1. The minimum Gasteiger partial charge on any atom is -0.409 e. The van der Waals surface area contributed by atoms with E-state index in [0.717, 1.165) is 16.1 Å². The second-order valence-electron chi connectivity index (χ2n) is 6.28. The summed E-state index contributed by atoms with van der Waals surface area (Å²) >= 11 is 7.09. The minimum atomic E-state index is 0.228. The Morgan fingerprint density at radius 1 is 1.15 bits per heavy atom. The van der Waals surface area contributed by atoms with Crippen LogP contribution in [0.15, 0.2) is 59.0 Å². The number of para-hydroxylation sites is 1. The Balaban J connectivity index is 1.55. The molecule has 5 nitrogen and oxygen atoms in total. The summed E-state index contributed by atoms with van der Waals surface area (Å²) in [6.45, 7) is 2.79. The monoisotopic (exact) mass is 383 g/mol. The summed E-state index contributed by atoms with van der Waals surface area (Å²) in [4.78, 5) is 6.40. The summed E-state index contributed by atoms with van der Waals surface area (Å²) in [5, 5.41) is 5.66. The molecular weight excluding hydrogens is 364 g/mol. The number of fused-ring (bicyclic) bond motifs is 1. The molecule has 132 valence electrons. The predicted molar refractivity (Wildman–Crippen MR) is 106 cm³/mol. The number of thiazole rings is 1. The van der Waals surface area contributed by atoms with Gasteiger partial charge in [-0.05, 0) is 43.4 Å². The van der Waals surface area contributed by atoms with E-state index in [1.807, 2.05) is 42.5 Å². The Morgan fingerprint density at radius 3 is 2.65 bits per heavy atom. The van der Waals surface area contributed by atoms with Crippen molar-refractivity contribution in [1.29, 1.82) is 0 Å². The van der Waals surface area contributed by atoms with Gasteiger partial charge in [-0.25, -0.2) is 4.98 Å². The number of nitrogens with one attached hydrogen (secondary N) is 1. The highest BCUT2D eigenvalue weighted by Gasteiger charge is 2.21. The van der Waals surface area contributed by atoms with Crippen LogP contribution in [0.1, 0.15) is 18.0 Å². The number of nitrogens with zero attached hydrogens (tertiary/aromatic N) is 3. The molecule has 4 rings (SSSR count). The van der Waals surface area contributed by atoms with Crippen molar-refractivity contribution in [2.45, 2.75) is 19.6 Å². The molecule has 26 heavy (non-hydrogen) atoms. The number of hydrogen-bond acceptors (Lipinski definition) is 5. The zero-order valence-corrected chi connectivity index (χ0v) is 16.2. The van der Waals surface area contributed by atoms with E-state index in [4.69, 9.17) is 21.6 Å². The third kappa shape index (κ3) is 3.33. The Morgan fingerprint density at radius 2 is 1.88 bits per heavy atom. The quantitative estimate of drug-likeness (QED) is 0.534. The van der Waals surface area contributed by atoms with Gasteiger partial charge in [-0.15, -0.1) is 16.4 Å². The first-order valence-corrected chi connectivity index (χ1v) is 9.65. The molecule has 0 aliphatic rings. The summed E-state index contributed by atoms with van der Waals surface area (Å²) in [7, 11) is 2.12. The van der Waals surface area contributed by atoms with Gasteiger partial charge in [0, 0.05) is 5.56 Å². The summed E-state index contributed by atoms with van der Waals surface area (Å²) in [6.07, 6.45) is 0. The largest absolute Gasteiger partial charge is 0.409 e. The van der Waals surface area contributed by atoms with Crippen molar-refractivity contribution >= 4 is 33.8 Å². The molecule has 2 aromatic carbocycles. The third-order valence-electron chi connectivity index (χ3n) is 4.45. The van der Waals surface area contributed by atoms with Crippen LogP contribution in [-0.2, 0) is 6.67 Å². The molecular formula is C19H19N4OS2+. The van der Waals surface area contributed by atoms with Crippen LogP contribution in [0.3, 0.4) is 0 Å². The molecule has 2 heterocycles.